The molecule has 0 spiro atoms. The molecule has 2 aromatic rings. The summed E-state index contributed by atoms with van der Waals surface area (Å²) in [4.78, 5) is 14.7. The number of aromatic nitrogens is 1. The second kappa shape index (κ2) is 4.73. The van der Waals surface area contributed by atoms with Gasteiger partial charge in [-0.1, -0.05) is 0 Å². The highest BCUT2D eigenvalue weighted by molar-refractivity contribution is 7.13. The Morgan fingerprint density at radius 2 is 2.33 bits per heavy atom. The van der Waals surface area contributed by atoms with Crippen LogP contribution in [0.5, 0.6) is 5.75 Å². The van der Waals surface area contributed by atoms with Gasteiger partial charge < -0.3 is 14.3 Å². The van der Waals surface area contributed by atoms with Gasteiger partial charge in [-0.2, -0.15) is 0 Å². The first-order valence-electron chi connectivity index (χ1n) is 4.68. The van der Waals surface area contributed by atoms with E-state index in [0.717, 1.165) is 11.3 Å². The van der Waals surface area contributed by atoms with Gasteiger partial charge in [0.05, 0.1) is 12.0 Å². The van der Waals surface area contributed by atoms with E-state index >= 15 is 0 Å². The van der Waals surface area contributed by atoms with Gasteiger partial charge in [-0.15, -0.1) is 11.3 Å². The Kier molecular flexibility index (Phi) is 3.28. The summed E-state index contributed by atoms with van der Waals surface area (Å²) in [6.07, 6.45) is -3.00. The van der Waals surface area contributed by atoms with Gasteiger partial charge >= 0.3 is 5.97 Å². The SMILES string of the molecule is COc1csc(-c2nc(C(F)F)c(C(=O)O)o2)c1. The minimum atomic E-state index is -3.00. The Morgan fingerprint density at radius 1 is 1.61 bits per heavy atom. The Labute approximate surface area is 104 Å². The monoisotopic (exact) mass is 275 g/mol. The quantitative estimate of drug-likeness (QED) is 0.928. The van der Waals surface area contributed by atoms with E-state index < -0.39 is 23.8 Å². The molecular weight excluding hydrogens is 268 g/mol. The molecule has 0 bridgehead atoms. The van der Waals surface area contributed by atoms with Gasteiger partial charge in [0, 0.05) is 11.4 Å². The van der Waals surface area contributed by atoms with Crippen molar-refractivity contribution in [2.75, 3.05) is 7.11 Å². The molecule has 0 aliphatic carbocycles. The summed E-state index contributed by atoms with van der Waals surface area (Å²) in [7, 11) is 1.45. The van der Waals surface area contributed by atoms with Crippen molar-refractivity contribution in [1.29, 1.82) is 0 Å². The number of hydrogen-bond acceptors (Lipinski definition) is 5. The molecular formula is C10H7F2NO4S. The third-order valence-electron chi connectivity index (χ3n) is 2.08. The molecule has 8 heteroatoms. The normalized spacial score (nSPS) is 10.9. The largest absolute Gasteiger partial charge is 0.496 e. The van der Waals surface area contributed by atoms with E-state index in [2.05, 4.69) is 4.98 Å². The maximum atomic E-state index is 12.6. The number of carboxylic acid groups (broad SMARTS) is 1. The zero-order valence-electron chi connectivity index (χ0n) is 9.02. The molecule has 96 valence electrons. The topological polar surface area (TPSA) is 72.6 Å². The van der Waals surface area contributed by atoms with Crippen molar-refractivity contribution in [2.45, 2.75) is 6.43 Å². The first-order chi connectivity index (χ1) is 8.52. The number of alkyl halides is 2. The standard InChI is InChI=1S/C10H7F2NO4S/c1-16-4-2-5(18-3-4)9-13-6(8(11)12)7(17-9)10(14)15/h2-3,8H,1H3,(H,14,15). The molecule has 2 aromatic heterocycles. The summed E-state index contributed by atoms with van der Waals surface area (Å²) < 4.78 is 34.9. The number of oxazole rings is 1. The molecule has 2 rings (SSSR count). The van der Waals surface area contributed by atoms with Crippen LogP contribution in [0.15, 0.2) is 15.9 Å². The minimum Gasteiger partial charge on any atom is -0.496 e. The first-order valence-corrected chi connectivity index (χ1v) is 5.56. The number of hydrogen-bond donors (Lipinski definition) is 1. The second-order valence-electron chi connectivity index (χ2n) is 3.19. The third-order valence-corrected chi connectivity index (χ3v) is 2.97. The lowest BCUT2D eigenvalue weighted by Crippen LogP contribution is -1.99. The molecule has 18 heavy (non-hydrogen) atoms. The van der Waals surface area contributed by atoms with Gasteiger partial charge in [-0.05, 0) is 0 Å². The molecule has 0 saturated carbocycles. The summed E-state index contributed by atoms with van der Waals surface area (Å²) in [5.41, 5.74) is -0.870. The van der Waals surface area contributed by atoms with Crippen molar-refractivity contribution in [1.82, 2.24) is 4.98 Å². The Morgan fingerprint density at radius 3 is 2.78 bits per heavy atom. The van der Waals surface area contributed by atoms with Crippen LogP contribution in [0.4, 0.5) is 8.78 Å². The van der Waals surface area contributed by atoms with Crippen LogP contribution < -0.4 is 4.74 Å². The van der Waals surface area contributed by atoms with Gasteiger partial charge in [-0.25, -0.2) is 18.6 Å². The number of methoxy groups -OCH3 is 1. The maximum Gasteiger partial charge on any atom is 0.374 e. The van der Waals surface area contributed by atoms with Crippen molar-refractivity contribution in [2.24, 2.45) is 0 Å². The molecule has 1 N–H and O–H groups in total. The number of aromatic carboxylic acids is 1. The fraction of sp³-hybridized carbons (Fsp3) is 0.200. The van der Waals surface area contributed by atoms with E-state index in [4.69, 9.17) is 14.3 Å². The summed E-state index contributed by atoms with van der Waals surface area (Å²) in [5, 5.41) is 10.4. The molecule has 0 radical (unpaired) electrons. The van der Waals surface area contributed by atoms with E-state index in [-0.39, 0.29) is 5.89 Å². The highest BCUT2D eigenvalue weighted by atomic mass is 32.1. The molecule has 0 amide bonds. The van der Waals surface area contributed by atoms with Crippen LogP contribution in [-0.4, -0.2) is 23.2 Å². The van der Waals surface area contributed by atoms with Gasteiger partial charge in [0.1, 0.15) is 5.75 Å². The van der Waals surface area contributed by atoms with Crippen LogP contribution in [0, 0.1) is 0 Å². The van der Waals surface area contributed by atoms with E-state index in [1.54, 1.807) is 5.38 Å². The number of rotatable bonds is 4. The fourth-order valence-corrected chi connectivity index (χ4v) is 2.06. The zero-order chi connectivity index (χ0) is 13.3. The fourth-order valence-electron chi connectivity index (χ4n) is 1.28. The number of thiophene rings is 1. The summed E-state index contributed by atoms with van der Waals surface area (Å²) >= 11 is 1.15. The number of carboxylic acids is 1. The number of halogens is 2. The van der Waals surface area contributed by atoms with E-state index in [1.165, 1.54) is 13.2 Å². The lowest BCUT2D eigenvalue weighted by atomic mass is 10.3. The van der Waals surface area contributed by atoms with Crippen molar-refractivity contribution >= 4 is 17.3 Å². The molecule has 0 fully saturated rings. The second-order valence-corrected chi connectivity index (χ2v) is 4.10. The van der Waals surface area contributed by atoms with Crippen LogP contribution in [-0.2, 0) is 0 Å². The van der Waals surface area contributed by atoms with Crippen LogP contribution in [0.25, 0.3) is 10.8 Å². The minimum absolute atomic E-state index is 0.156. The molecule has 0 aliphatic heterocycles. The molecule has 0 aromatic carbocycles. The van der Waals surface area contributed by atoms with E-state index in [0.29, 0.717) is 10.6 Å². The lowest BCUT2D eigenvalue weighted by Gasteiger charge is -1.91. The summed E-state index contributed by atoms with van der Waals surface area (Å²) in [6.45, 7) is 0. The van der Waals surface area contributed by atoms with Crippen LogP contribution in [0.1, 0.15) is 22.7 Å². The van der Waals surface area contributed by atoms with Gasteiger partial charge in [-0.3, -0.25) is 0 Å². The molecule has 0 saturated heterocycles. The predicted molar refractivity (Wildman–Crippen MR) is 58.3 cm³/mol. The Bertz CT molecular complexity index is 578. The smallest absolute Gasteiger partial charge is 0.374 e. The molecule has 5 nitrogen and oxygen atoms in total. The molecule has 0 unspecified atom stereocenters. The van der Waals surface area contributed by atoms with Crippen LogP contribution in [0.2, 0.25) is 0 Å². The number of ether oxygens (including phenoxy) is 1. The summed E-state index contributed by atoms with van der Waals surface area (Å²) in [6, 6.07) is 1.53. The number of nitrogens with zero attached hydrogens (tertiary/aromatic N) is 1. The highest BCUT2D eigenvalue weighted by Crippen LogP contribution is 2.33. The van der Waals surface area contributed by atoms with Crippen molar-refractivity contribution in [3.8, 4) is 16.5 Å². The van der Waals surface area contributed by atoms with E-state index in [9.17, 15) is 13.6 Å². The van der Waals surface area contributed by atoms with Gasteiger partial charge in [0.2, 0.25) is 11.7 Å². The van der Waals surface area contributed by atoms with Gasteiger partial charge in [0.15, 0.2) is 5.69 Å². The molecule has 0 aliphatic rings. The van der Waals surface area contributed by atoms with Crippen molar-refractivity contribution < 1.29 is 27.8 Å². The third kappa shape index (κ3) is 2.19. The van der Waals surface area contributed by atoms with Gasteiger partial charge in [0.25, 0.3) is 6.43 Å². The van der Waals surface area contributed by atoms with Crippen molar-refractivity contribution in [3.63, 3.8) is 0 Å². The van der Waals surface area contributed by atoms with Crippen LogP contribution in [0.3, 0.4) is 0 Å². The maximum absolute atomic E-state index is 12.6. The van der Waals surface area contributed by atoms with Crippen LogP contribution >= 0.6 is 11.3 Å². The van der Waals surface area contributed by atoms with E-state index in [1.807, 2.05) is 0 Å². The number of carbonyl (C=O) groups is 1. The highest BCUT2D eigenvalue weighted by Gasteiger charge is 2.27. The lowest BCUT2D eigenvalue weighted by molar-refractivity contribution is 0.0647. The average Bonchev–Trinajstić information content (AvgIpc) is 2.95. The zero-order valence-corrected chi connectivity index (χ0v) is 9.83. The average molecular weight is 275 g/mol. The predicted octanol–water partition coefficient (Wildman–Crippen LogP) is 3.05. The summed E-state index contributed by atoms with van der Waals surface area (Å²) in [5.74, 6) is -2.06. The molecule has 0 atom stereocenters. The molecule has 2 heterocycles. The first kappa shape index (κ1) is 12.5. The Hall–Kier alpha value is -1.96. The van der Waals surface area contributed by atoms with Crippen molar-refractivity contribution in [3.05, 3.63) is 22.9 Å². The Balaban J connectivity index is 2.46.